The third-order valence-corrected chi connectivity index (χ3v) is 5.94. The van der Waals surface area contributed by atoms with E-state index in [0.717, 1.165) is 59.1 Å². The van der Waals surface area contributed by atoms with E-state index >= 15 is 0 Å². The zero-order valence-electron chi connectivity index (χ0n) is 17.5. The number of hydrogen-bond acceptors (Lipinski definition) is 6. The molecule has 5 heterocycles. The van der Waals surface area contributed by atoms with Crippen molar-refractivity contribution in [3.63, 3.8) is 0 Å². The summed E-state index contributed by atoms with van der Waals surface area (Å²) in [5, 5.41) is 17.6. The van der Waals surface area contributed by atoms with Crippen LogP contribution in [0.5, 0.6) is 0 Å². The van der Waals surface area contributed by atoms with Gasteiger partial charge in [-0.3, -0.25) is 9.67 Å². The van der Waals surface area contributed by atoms with E-state index in [0.29, 0.717) is 6.04 Å². The molecule has 8 nitrogen and oxygen atoms in total. The highest BCUT2D eigenvalue weighted by Crippen LogP contribution is 2.28. The summed E-state index contributed by atoms with van der Waals surface area (Å²) in [4.78, 5) is 6.98. The van der Waals surface area contributed by atoms with Crippen molar-refractivity contribution >= 4 is 17.8 Å². The van der Waals surface area contributed by atoms with Crippen molar-refractivity contribution < 1.29 is 0 Å². The highest BCUT2D eigenvalue weighted by atomic mass is 15.4. The van der Waals surface area contributed by atoms with Crippen molar-refractivity contribution in [2.75, 3.05) is 20.1 Å². The number of nitrogens with zero attached hydrogens (tertiary/aromatic N) is 8. The van der Waals surface area contributed by atoms with Gasteiger partial charge in [-0.1, -0.05) is 6.08 Å². The van der Waals surface area contributed by atoms with Crippen LogP contribution >= 0.6 is 0 Å². The van der Waals surface area contributed by atoms with Crippen LogP contribution in [0.2, 0.25) is 0 Å². The molecule has 8 heteroatoms. The number of aryl methyl sites for hydroxylation is 1. The lowest BCUT2D eigenvalue weighted by Crippen LogP contribution is -2.45. The third-order valence-electron chi connectivity index (χ3n) is 5.94. The molecule has 0 N–H and O–H groups in total. The molecule has 0 atom stereocenters. The maximum Gasteiger partial charge on any atom is 0.178 e. The van der Waals surface area contributed by atoms with Crippen molar-refractivity contribution in [2.24, 2.45) is 0 Å². The molecule has 1 aliphatic carbocycles. The first-order valence-electron chi connectivity index (χ1n) is 10.4. The fourth-order valence-electron chi connectivity index (χ4n) is 4.21. The summed E-state index contributed by atoms with van der Waals surface area (Å²) >= 11 is 0. The molecular formula is C23H22N8. The molecule has 4 aromatic rings. The van der Waals surface area contributed by atoms with Crippen LogP contribution in [0.3, 0.4) is 0 Å². The molecule has 0 amide bonds. The van der Waals surface area contributed by atoms with E-state index in [1.54, 1.807) is 4.52 Å². The van der Waals surface area contributed by atoms with Crippen molar-refractivity contribution in [1.29, 1.82) is 0 Å². The van der Waals surface area contributed by atoms with E-state index in [4.69, 9.17) is 0 Å². The predicted molar refractivity (Wildman–Crippen MR) is 118 cm³/mol. The monoisotopic (exact) mass is 410 g/mol. The van der Waals surface area contributed by atoms with Crippen LogP contribution in [0.1, 0.15) is 28.8 Å². The van der Waals surface area contributed by atoms with Crippen LogP contribution in [-0.4, -0.2) is 59.6 Å². The lowest BCUT2D eigenvalue weighted by molar-refractivity contribution is 0.130. The summed E-state index contributed by atoms with van der Waals surface area (Å²) < 4.78 is 3.86. The average molecular weight is 410 g/mol. The summed E-state index contributed by atoms with van der Waals surface area (Å²) in [7, 11) is 2.13. The summed E-state index contributed by atoms with van der Waals surface area (Å²) in [6, 6.07) is 6.56. The molecule has 6 rings (SSSR count). The average Bonchev–Trinajstić information content (AvgIpc) is 3.38. The SMILES string of the molecule is Cc1ccc2nnc(C=C3C=Cc4ncc(-c5cnn(C6CN(C)C6)c5)cc4C3)n2n1. The second-order valence-electron chi connectivity index (χ2n) is 8.38. The van der Waals surface area contributed by atoms with Crippen LogP contribution in [0, 0.1) is 6.92 Å². The van der Waals surface area contributed by atoms with E-state index in [1.807, 2.05) is 37.5 Å². The first-order valence-corrected chi connectivity index (χ1v) is 10.4. The molecule has 0 spiro atoms. The van der Waals surface area contributed by atoms with Crippen LogP contribution in [-0.2, 0) is 6.42 Å². The number of likely N-dealkylation sites (N-methyl/N-ethyl adjacent to an activating group) is 1. The van der Waals surface area contributed by atoms with Gasteiger partial charge in [-0.15, -0.1) is 10.2 Å². The fraction of sp³-hybridized carbons (Fsp3) is 0.261. The van der Waals surface area contributed by atoms with Gasteiger partial charge in [0.2, 0.25) is 0 Å². The zero-order chi connectivity index (χ0) is 20.9. The van der Waals surface area contributed by atoms with Gasteiger partial charge in [-0.2, -0.15) is 14.7 Å². The number of fused-ring (bicyclic) bond motifs is 2. The van der Waals surface area contributed by atoms with E-state index in [9.17, 15) is 0 Å². The van der Waals surface area contributed by atoms with Crippen LogP contribution in [0.25, 0.3) is 28.9 Å². The Kier molecular flexibility index (Phi) is 4.07. The minimum Gasteiger partial charge on any atom is -0.302 e. The van der Waals surface area contributed by atoms with Gasteiger partial charge < -0.3 is 4.90 Å². The van der Waals surface area contributed by atoms with Crippen LogP contribution in [0.4, 0.5) is 0 Å². The van der Waals surface area contributed by atoms with Crippen LogP contribution in [0.15, 0.2) is 48.4 Å². The van der Waals surface area contributed by atoms with Gasteiger partial charge in [0.25, 0.3) is 0 Å². The molecule has 0 radical (unpaired) electrons. The molecular weight excluding hydrogens is 388 g/mol. The molecule has 2 aliphatic rings. The quantitative estimate of drug-likeness (QED) is 0.517. The molecule has 1 aliphatic heterocycles. The van der Waals surface area contributed by atoms with Crippen LogP contribution < -0.4 is 0 Å². The fourth-order valence-corrected chi connectivity index (χ4v) is 4.21. The Morgan fingerprint density at radius 1 is 1.06 bits per heavy atom. The molecule has 154 valence electrons. The van der Waals surface area contributed by atoms with Gasteiger partial charge in [-0.05, 0) is 61.9 Å². The lowest BCUT2D eigenvalue weighted by atomic mass is 9.95. The molecule has 4 aromatic heterocycles. The van der Waals surface area contributed by atoms with E-state index in [-0.39, 0.29) is 0 Å². The normalized spacial score (nSPS) is 17.9. The van der Waals surface area contributed by atoms with Crippen molar-refractivity contribution in [3.05, 3.63) is 71.2 Å². The number of pyridine rings is 1. The van der Waals surface area contributed by atoms with Crippen molar-refractivity contribution in [1.82, 2.24) is 39.5 Å². The minimum absolute atomic E-state index is 0.469. The molecule has 0 aromatic carbocycles. The number of aromatic nitrogens is 7. The topological polar surface area (TPSA) is 77.0 Å². The second-order valence-corrected chi connectivity index (χ2v) is 8.38. The third kappa shape index (κ3) is 3.25. The van der Waals surface area contributed by atoms with Gasteiger partial charge >= 0.3 is 0 Å². The van der Waals surface area contributed by atoms with Gasteiger partial charge in [0.1, 0.15) is 0 Å². The Balaban J connectivity index is 1.29. The summed E-state index contributed by atoms with van der Waals surface area (Å²) in [5.74, 6) is 0.734. The molecule has 0 bridgehead atoms. The van der Waals surface area contributed by atoms with Gasteiger partial charge in [0.15, 0.2) is 11.5 Å². The molecule has 1 saturated heterocycles. The lowest BCUT2D eigenvalue weighted by Gasteiger charge is -2.36. The van der Waals surface area contributed by atoms with Gasteiger partial charge in [0, 0.05) is 36.6 Å². The number of likely N-dealkylation sites (tertiary alicyclic amines) is 1. The highest BCUT2D eigenvalue weighted by Gasteiger charge is 2.25. The molecule has 0 unspecified atom stereocenters. The standard InChI is InChI=1S/C23H22N8/c1-15-3-6-22-26-27-23(31(22)28-15)8-16-4-5-21-17(7-16)9-18(10-24-21)19-11-25-30(12-19)20-13-29(2)14-20/h3-6,8-12,20H,7,13-14H2,1-2H3. The summed E-state index contributed by atoms with van der Waals surface area (Å²) in [5.41, 5.74) is 7.23. The van der Waals surface area contributed by atoms with Crippen molar-refractivity contribution in [2.45, 2.75) is 19.4 Å². The highest BCUT2D eigenvalue weighted by molar-refractivity contribution is 5.69. The van der Waals surface area contributed by atoms with E-state index in [2.05, 4.69) is 66.4 Å². The first kappa shape index (κ1) is 18.1. The van der Waals surface area contributed by atoms with Crippen molar-refractivity contribution in [3.8, 4) is 11.1 Å². The van der Waals surface area contributed by atoms with E-state index < -0.39 is 0 Å². The Bertz CT molecular complexity index is 1350. The largest absolute Gasteiger partial charge is 0.302 e. The number of rotatable bonds is 3. The number of allylic oxidation sites excluding steroid dienone is 2. The molecule has 31 heavy (non-hydrogen) atoms. The molecule has 0 saturated carbocycles. The minimum atomic E-state index is 0.469. The Morgan fingerprint density at radius 2 is 1.97 bits per heavy atom. The smallest absolute Gasteiger partial charge is 0.178 e. The van der Waals surface area contributed by atoms with Gasteiger partial charge in [0.05, 0.1) is 23.6 Å². The number of hydrogen-bond donors (Lipinski definition) is 0. The summed E-state index contributed by atoms with van der Waals surface area (Å²) in [6.45, 7) is 4.06. The maximum absolute atomic E-state index is 4.68. The zero-order valence-corrected chi connectivity index (χ0v) is 17.5. The molecule has 1 fully saturated rings. The summed E-state index contributed by atoms with van der Waals surface area (Å²) in [6.07, 6.45) is 13.0. The first-order chi connectivity index (χ1) is 15.1. The Morgan fingerprint density at radius 3 is 2.84 bits per heavy atom. The predicted octanol–water partition coefficient (Wildman–Crippen LogP) is 2.83. The van der Waals surface area contributed by atoms with E-state index in [1.165, 1.54) is 5.56 Å². The Labute approximate surface area is 179 Å². The second kappa shape index (κ2) is 6.95. The Hall–Kier alpha value is -3.65. The van der Waals surface area contributed by atoms with Gasteiger partial charge in [-0.25, -0.2) is 0 Å². The maximum atomic E-state index is 4.68.